The first-order chi connectivity index (χ1) is 11.1. The number of aliphatic carboxylic acids is 1. The Labute approximate surface area is 143 Å². The quantitative estimate of drug-likeness (QED) is 0.631. The van der Waals surface area contributed by atoms with E-state index in [0.29, 0.717) is 0 Å². The Kier molecular flexibility index (Phi) is 4.04. The van der Waals surface area contributed by atoms with Crippen molar-refractivity contribution in [1.82, 2.24) is 0 Å². The van der Waals surface area contributed by atoms with Gasteiger partial charge in [0, 0.05) is 0 Å². The molecule has 0 unspecified atom stereocenters. The number of carbonyl (C=O) groups is 1. The lowest BCUT2D eigenvalue weighted by Crippen LogP contribution is -2.52. The van der Waals surface area contributed by atoms with Gasteiger partial charge in [0.1, 0.15) is 5.60 Å². The van der Waals surface area contributed by atoms with Crippen molar-refractivity contribution in [3.05, 3.63) is 34.9 Å². The van der Waals surface area contributed by atoms with Crippen molar-refractivity contribution >= 4 is 5.97 Å². The summed E-state index contributed by atoms with van der Waals surface area (Å²) in [5.41, 5.74) is 2.02. The van der Waals surface area contributed by atoms with E-state index < -0.39 is 17.0 Å². The third kappa shape index (κ3) is 2.39. The van der Waals surface area contributed by atoms with Crippen LogP contribution in [0.1, 0.15) is 70.1 Å². The van der Waals surface area contributed by atoms with Crippen LogP contribution in [-0.4, -0.2) is 16.3 Å². The van der Waals surface area contributed by atoms with Crippen molar-refractivity contribution in [1.29, 1.82) is 0 Å². The predicted molar refractivity (Wildman–Crippen MR) is 91.9 cm³/mol. The smallest absolute Gasteiger partial charge is 0.309 e. The molecule has 24 heavy (non-hydrogen) atoms. The molecule has 1 saturated carbocycles. The van der Waals surface area contributed by atoms with Gasteiger partial charge in [0.2, 0.25) is 0 Å². The van der Waals surface area contributed by atoms with Crippen LogP contribution in [-0.2, 0) is 27.1 Å². The minimum atomic E-state index is -0.741. The summed E-state index contributed by atoms with van der Waals surface area (Å²) in [6.45, 7) is 7.84. The summed E-state index contributed by atoms with van der Waals surface area (Å²) in [6, 6.07) is 6.26. The van der Waals surface area contributed by atoms with Crippen LogP contribution in [0.15, 0.2) is 18.2 Å². The van der Waals surface area contributed by atoms with Gasteiger partial charge in [0.05, 0.1) is 5.41 Å². The van der Waals surface area contributed by atoms with Gasteiger partial charge in [-0.25, -0.2) is 4.89 Å². The van der Waals surface area contributed by atoms with Crippen molar-refractivity contribution in [3.8, 4) is 0 Å². The van der Waals surface area contributed by atoms with Crippen LogP contribution in [0.5, 0.6) is 0 Å². The maximum absolute atomic E-state index is 12.0. The molecule has 0 heterocycles. The van der Waals surface area contributed by atoms with E-state index in [4.69, 9.17) is 5.26 Å². The molecule has 0 saturated heterocycles. The fraction of sp³-hybridized carbons (Fsp3) is 0.650. The summed E-state index contributed by atoms with van der Waals surface area (Å²) in [5.74, 6) is -0.495. The van der Waals surface area contributed by atoms with Gasteiger partial charge >= 0.3 is 5.97 Å². The van der Waals surface area contributed by atoms with Crippen molar-refractivity contribution in [3.63, 3.8) is 0 Å². The molecule has 1 aromatic rings. The lowest BCUT2D eigenvalue weighted by molar-refractivity contribution is -0.318. The first-order valence-electron chi connectivity index (χ1n) is 8.85. The minimum Gasteiger partial charge on any atom is -0.481 e. The zero-order valence-corrected chi connectivity index (χ0v) is 15.1. The molecule has 1 fully saturated rings. The Hall–Kier alpha value is -1.39. The van der Waals surface area contributed by atoms with E-state index in [1.165, 1.54) is 11.1 Å². The van der Waals surface area contributed by atoms with Gasteiger partial charge in [-0.1, -0.05) is 31.5 Å². The summed E-state index contributed by atoms with van der Waals surface area (Å²) in [4.78, 5) is 16.6. The molecule has 4 heteroatoms. The third-order valence-electron chi connectivity index (χ3n) is 6.77. The number of carboxylic acids is 1. The number of aryl methyl sites for hydroxylation is 1. The van der Waals surface area contributed by atoms with E-state index in [2.05, 4.69) is 23.9 Å². The number of fused-ring (bicyclic) bond motifs is 3. The molecule has 0 amide bonds. The van der Waals surface area contributed by atoms with Gasteiger partial charge in [-0.15, -0.1) is 0 Å². The number of hydrogen-bond donors (Lipinski definition) is 2. The maximum Gasteiger partial charge on any atom is 0.309 e. The highest BCUT2D eigenvalue weighted by Gasteiger charge is 2.55. The number of hydrogen-bond acceptors (Lipinski definition) is 3. The number of rotatable bonds is 3. The Morgan fingerprint density at radius 2 is 2.00 bits per heavy atom. The van der Waals surface area contributed by atoms with E-state index in [1.807, 2.05) is 26.8 Å². The fourth-order valence-electron chi connectivity index (χ4n) is 5.17. The van der Waals surface area contributed by atoms with Crippen molar-refractivity contribution in [2.75, 3.05) is 0 Å². The molecule has 132 valence electrons. The van der Waals surface area contributed by atoms with Crippen LogP contribution in [0.4, 0.5) is 0 Å². The van der Waals surface area contributed by atoms with Gasteiger partial charge < -0.3 is 5.11 Å². The lowest BCUT2D eigenvalue weighted by Gasteiger charge is -2.53. The van der Waals surface area contributed by atoms with Crippen LogP contribution in [0.3, 0.4) is 0 Å². The van der Waals surface area contributed by atoms with Gasteiger partial charge in [-0.3, -0.25) is 10.1 Å². The Morgan fingerprint density at radius 3 is 2.62 bits per heavy atom. The van der Waals surface area contributed by atoms with Gasteiger partial charge in [-0.05, 0) is 74.5 Å². The van der Waals surface area contributed by atoms with Crippen LogP contribution in [0.2, 0.25) is 0 Å². The monoisotopic (exact) mass is 332 g/mol. The van der Waals surface area contributed by atoms with Crippen LogP contribution in [0, 0.1) is 11.3 Å². The second-order valence-corrected chi connectivity index (χ2v) is 8.56. The van der Waals surface area contributed by atoms with E-state index in [1.54, 1.807) is 0 Å². The molecule has 0 aliphatic heterocycles. The number of benzene rings is 1. The zero-order valence-electron chi connectivity index (χ0n) is 15.1. The van der Waals surface area contributed by atoms with E-state index in [9.17, 15) is 9.90 Å². The normalized spacial score (nSPS) is 32.8. The van der Waals surface area contributed by atoms with Crippen LogP contribution < -0.4 is 0 Å². The zero-order chi connectivity index (χ0) is 17.8. The minimum absolute atomic E-state index is 0.0955. The maximum atomic E-state index is 12.0. The SMILES string of the molecule is CC(C)(OO)c1ccc2c(c1)CC[C@H]1[C@](C)(C(=O)O)CCC[C@]21C. The second-order valence-electron chi connectivity index (χ2n) is 8.56. The first kappa shape index (κ1) is 17.4. The lowest BCUT2D eigenvalue weighted by atomic mass is 9.50. The van der Waals surface area contributed by atoms with Gasteiger partial charge in [-0.2, -0.15) is 0 Å². The molecule has 0 radical (unpaired) electrons. The molecular weight excluding hydrogens is 304 g/mol. The highest BCUT2D eigenvalue weighted by molar-refractivity contribution is 5.75. The first-order valence-corrected chi connectivity index (χ1v) is 8.85. The summed E-state index contributed by atoms with van der Waals surface area (Å²) < 4.78 is 0. The predicted octanol–water partition coefficient (Wildman–Crippen LogP) is 4.51. The Morgan fingerprint density at radius 1 is 1.29 bits per heavy atom. The van der Waals surface area contributed by atoms with E-state index >= 15 is 0 Å². The van der Waals surface area contributed by atoms with Crippen molar-refractivity contribution in [2.45, 2.75) is 70.8 Å². The molecule has 0 aromatic heterocycles. The summed E-state index contributed by atoms with van der Waals surface area (Å²) in [7, 11) is 0. The molecular formula is C20H28O4. The van der Waals surface area contributed by atoms with Gasteiger partial charge in [0.25, 0.3) is 0 Å². The molecule has 4 nitrogen and oxygen atoms in total. The molecule has 0 spiro atoms. The molecule has 2 N–H and O–H groups in total. The average molecular weight is 332 g/mol. The van der Waals surface area contributed by atoms with Crippen molar-refractivity contribution in [2.24, 2.45) is 11.3 Å². The fourth-order valence-corrected chi connectivity index (χ4v) is 5.17. The molecule has 0 bridgehead atoms. The largest absolute Gasteiger partial charge is 0.481 e. The topological polar surface area (TPSA) is 66.8 Å². The van der Waals surface area contributed by atoms with E-state index in [0.717, 1.165) is 37.7 Å². The van der Waals surface area contributed by atoms with Crippen molar-refractivity contribution < 1.29 is 20.0 Å². The highest BCUT2D eigenvalue weighted by atomic mass is 17.1. The molecule has 3 atom stereocenters. The average Bonchev–Trinajstić information content (AvgIpc) is 2.54. The summed E-state index contributed by atoms with van der Waals surface area (Å²) >= 11 is 0. The standard InChI is InChI=1S/C20H28O4/c1-18(2,24-23)14-7-8-15-13(12-14)6-9-16-19(15,3)10-5-11-20(16,4)17(21)22/h7-8,12,16,23H,5-6,9-11H2,1-4H3,(H,21,22)/t16-,19-,20-/m1/s1. The molecule has 2 aliphatic rings. The molecule has 1 aromatic carbocycles. The van der Waals surface area contributed by atoms with E-state index in [-0.39, 0.29) is 11.3 Å². The van der Waals surface area contributed by atoms with Crippen LogP contribution in [0.25, 0.3) is 0 Å². The molecule has 3 rings (SSSR count). The molecule has 2 aliphatic carbocycles. The third-order valence-corrected chi connectivity index (χ3v) is 6.77. The Bertz CT molecular complexity index is 666. The highest BCUT2D eigenvalue weighted by Crippen LogP contribution is 2.57. The van der Waals surface area contributed by atoms with Gasteiger partial charge in [0.15, 0.2) is 0 Å². The number of carboxylic acid groups (broad SMARTS) is 1. The summed E-state index contributed by atoms with van der Waals surface area (Å²) in [5, 5.41) is 19.0. The second kappa shape index (κ2) is 5.57. The van der Waals surface area contributed by atoms with Crippen LogP contribution >= 0.6 is 0 Å². The Balaban J connectivity index is 2.06. The summed E-state index contributed by atoms with van der Waals surface area (Å²) in [6.07, 6.45) is 4.53.